The Morgan fingerprint density at radius 2 is 2.06 bits per heavy atom. The number of hydrogen-bond acceptors (Lipinski definition) is 3. The second kappa shape index (κ2) is 4.75. The largest absolute Gasteiger partial charge is 0.358 e. The summed E-state index contributed by atoms with van der Waals surface area (Å²) in [5, 5.41) is 2.86. The molecule has 0 saturated carbocycles. The first kappa shape index (κ1) is 11.9. The van der Waals surface area contributed by atoms with Crippen LogP contribution in [0, 0.1) is 0 Å². The first-order valence-electron chi connectivity index (χ1n) is 5.99. The molecule has 2 atom stereocenters. The van der Waals surface area contributed by atoms with E-state index in [0.717, 1.165) is 17.8 Å². The molecular formula is C13H19N3O. The summed E-state index contributed by atoms with van der Waals surface area (Å²) >= 11 is 0. The highest BCUT2D eigenvalue weighted by Gasteiger charge is 2.25. The average molecular weight is 233 g/mol. The minimum absolute atomic E-state index is 0.0473. The van der Waals surface area contributed by atoms with Gasteiger partial charge in [-0.15, -0.1) is 0 Å². The number of nitrogens with one attached hydrogen (secondary N) is 1. The van der Waals surface area contributed by atoms with Crippen LogP contribution in [-0.2, 0) is 4.79 Å². The zero-order valence-corrected chi connectivity index (χ0v) is 10.3. The summed E-state index contributed by atoms with van der Waals surface area (Å²) in [5.74, 6) is 0.0903. The second-order valence-corrected chi connectivity index (χ2v) is 4.54. The Morgan fingerprint density at radius 3 is 2.65 bits per heavy atom. The van der Waals surface area contributed by atoms with Crippen LogP contribution in [0.25, 0.3) is 0 Å². The van der Waals surface area contributed by atoms with E-state index in [-0.39, 0.29) is 18.0 Å². The smallest absolute Gasteiger partial charge is 0.242 e. The lowest BCUT2D eigenvalue weighted by molar-refractivity contribution is -0.122. The lowest BCUT2D eigenvalue weighted by Crippen LogP contribution is -2.54. The molecule has 1 aliphatic heterocycles. The fourth-order valence-electron chi connectivity index (χ4n) is 2.10. The van der Waals surface area contributed by atoms with Gasteiger partial charge in [-0.25, -0.2) is 0 Å². The number of nitrogens with two attached hydrogens (primary N) is 1. The highest BCUT2D eigenvalue weighted by molar-refractivity contribution is 5.86. The van der Waals surface area contributed by atoms with Crippen molar-refractivity contribution in [3.63, 3.8) is 0 Å². The number of carbonyl (C=O) groups excluding carboxylic acids is 1. The Labute approximate surface area is 102 Å². The van der Waals surface area contributed by atoms with Crippen molar-refractivity contribution in [3.8, 4) is 0 Å². The molecule has 0 bridgehead atoms. The van der Waals surface area contributed by atoms with Crippen LogP contribution < -0.4 is 16.0 Å². The maximum Gasteiger partial charge on any atom is 0.242 e. The van der Waals surface area contributed by atoms with Crippen molar-refractivity contribution < 1.29 is 4.79 Å². The van der Waals surface area contributed by atoms with Gasteiger partial charge >= 0.3 is 0 Å². The van der Waals surface area contributed by atoms with Gasteiger partial charge in [0, 0.05) is 24.8 Å². The minimum Gasteiger partial charge on any atom is -0.358 e. The van der Waals surface area contributed by atoms with Crippen molar-refractivity contribution in [1.29, 1.82) is 0 Å². The number of hydrogen-bond donors (Lipinski definition) is 2. The summed E-state index contributed by atoms with van der Waals surface area (Å²) in [4.78, 5) is 13.7. The number of piperazine rings is 1. The summed E-state index contributed by atoms with van der Waals surface area (Å²) in [7, 11) is 0. The van der Waals surface area contributed by atoms with E-state index in [2.05, 4.69) is 10.2 Å². The molecule has 0 aromatic heterocycles. The number of nitrogens with zero attached hydrogens (tertiary/aromatic N) is 1. The maximum absolute atomic E-state index is 11.6. The number of benzene rings is 1. The van der Waals surface area contributed by atoms with Gasteiger partial charge in [-0.05, 0) is 31.5 Å². The van der Waals surface area contributed by atoms with Gasteiger partial charge in [0.15, 0.2) is 0 Å². The van der Waals surface area contributed by atoms with Crippen molar-refractivity contribution in [2.24, 2.45) is 5.73 Å². The highest BCUT2D eigenvalue weighted by Crippen LogP contribution is 2.21. The Kier molecular flexibility index (Phi) is 3.33. The van der Waals surface area contributed by atoms with Crippen LogP contribution in [0.2, 0.25) is 0 Å². The molecule has 1 fully saturated rings. The molecule has 0 spiro atoms. The first-order chi connectivity index (χ1) is 8.09. The number of amides is 1. The minimum atomic E-state index is -0.107. The topological polar surface area (TPSA) is 58.4 Å². The van der Waals surface area contributed by atoms with Crippen molar-refractivity contribution in [2.45, 2.75) is 25.9 Å². The maximum atomic E-state index is 11.6. The van der Waals surface area contributed by atoms with E-state index < -0.39 is 0 Å². The van der Waals surface area contributed by atoms with Crippen molar-refractivity contribution in [2.75, 3.05) is 18.0 Å². The lowest BCUT2D eigenvalue weighted by atomic mass is 10.1. The Morgan fingerprint density at radius 1 is 1.41 bits per heavy atom. The number of carbonyl (C=O) groups is 1. The molecule has 1 heterocycles. The van der Waals surface area contributed by atoms with Crippen LogP contribution >= 0.6 is 0 Å². The Balaban J connectivity index is 2.19. The molecule has 92 valence electrons. The van der Waals surface area contributed by atoms with Crippen LogP contribution in [0.5, 0.6) is 0 Å². The normalized spacial score (nSPS) is 22.2. The van der Waals surface area contributed by atoms with Crippen LogP contribution in [0.4, 0.5) is 5.69 Å². The fraction of sp³-hybridized carbons (Fsp3) is 0.462. The van der Waals surface area contributed by atoms with Gasteiger partial charge in [0.25, 0.3) is 0 Å². The second-order valence-electron chi connectivity index (χ2n) is 4.54. The molecule has 1 saturated heterocycles. The third-order valence-corrected chi connectivity index (χ3v) is 3.25. The zero-order chi connectivity index (χ0) is 12.4. The molecule has 1 aromatic carbocycles. The van der Waals surface area contributed by atoms with E-state index in [1.165, 1.54) is 0 Å². The van der Waals surface area contributed by atoms with Gasteiger partial charge in [-0.3, -0.25) is 4.79 Å². The lowest BCUT2D eigenvalue weighted by Gasteiger charge is -2.34. The van der Waals surface area contributed by atoms with E-state index in [9.17, 15) is 4.79 Å². The molecule has 4 heteroatoms. The molecule has 0 radical (unpaired) electrons. The highest BCUT2D eigenvalue weighted by atomic mass is 16.2. The van der Waals surface area contributed by atoms with Crippen molar-refractivity contribution in [1.82, 2.24) is 5.32 Å². The third kappa shape index (κ3) is 2.42. The monoisotopic (exact) mass is 233 g/mol. The van der Waals surface area contributed by atoms with Crippen LogP contribution in [0.3, 0.4) is 0 Å². The zero-order valence-electron chi connectivity index (χ0n) is 10.3. The Hall–Kier alpha value is -1.55. The SMILES string of the molecule is CC1C(=O)NCCN1c1ccc([C@H](C)N)cc1. The average Bonchev–Trinajstić information content (AvgIpc) is 2.33. The molecule has 1 aromatic rings. The van der Waals surface area contributed by atoms with Gasteiger partial charge in [0.2, 0.25) is 5.91 Å². The summed E-state index contributed by atoms with van der Waals surface area (Å²) in [5.41, 5.74) is 8.01. The summed E-state index contributed by atoms with van der Waals surface area (Å²) < 4.78 is 0. The van der Waals surface area contributed by atoms with E-state index >= 15 is 0 Å². The summed E-state index contributed by atoms with van der Waals surface area (Å²) in [6.45, 7) is 5.45. The van der Waals surface area contributed by atoms with E-state index in [1.54, 1.807) is 0 Å². The number of rotatable bonds is 2. The van der Waals surface area contributed by atoms with Crippen LogP contribution in [-0.4, -0.2) is 25.0 Å². The van der Waals surface area contributed by atoms with Crippen LogP contribution in [0.15, 0.2) is 24.3 Å². The van der Waals surface area contributed by atoms with E-state index in [1.807, 2.05) is 38.1 Å². The van der Waals surface area contributed by atoms with Gasteiger partial charge < -0.3 is 16.0 Å². The predicted octanol–water partition coefficient (Wildman–Crippen LogP) is 1.03. The molecule has 1 unspecified atom stereocenters. The van der Waals surface area contributed by atoms with Gasteiger partial charge in [0.05, 0.1) is 0 Å². The van der Waals surface area contributed by atoms with Crippen molar-refractivity contribution in [3.05, 3.63) is 29.8 Å². The standard InChI is InChI=1S/C13H19N3O/c1-9(14)11-3-5-12(6-4-11)16-8-7-15-13(17)10(16)2/h3-6,9-10H,7-8,14H2,1-2H3,(H,15,17)/t9-,10?/m0/s1. The molecule has 1 amide bonds. The molecule has 3 N–H and O–H groups in total. The van der Waals surface area contributed by atoms with Crippen LogP contribution in [0.1, 0.15) is 25.5 Å². The predicted molar refractivity (Wildman–Crippen MR) is 68.9 cm³/mol. The van der Waals surface area contributed by atoms with E-state index in [4.69, 9.17) is 5.73 Å². The molecule has 2 rings (SSSR count). The molecule has 17 heavy (non-hydrogen) atoms. The van der Waals surface area contributed by atoms with Gasteiger partial charge in [-0.2, -0.15) is 0 Å². The molecular weight excluding hydrogens is 214 g/mol. The summed E-state index contributed by atoms with van der Waals surface area (Å²) in [6, 6.07) is 8.07. The fourth-order valence-corrected chi connectivity index (χ4v) is 2.10. The molecule has 1 aliphatic rings. The van der Waals surface area contributed by atoms with Gasteiger partial charge in [0.1, 0.15) is 6.04 Å². The summed E-state index contributed by atoms with van der Waals surface area (Å²) in [6.07, 6.45) is 0. The Bertz CT molecular complexity index is 400. The number of anilines is 1. The van der Waals surface area contributed by atoms with Crippen molar-refractivity contribution >= 4 is 11.6 Å². The van der Waals surface area contributed by atoms with E-state index in [0.29, 0.717) is 6.54 Å². The third-order valence-electron chi connectivity index (χ3n) is 3.25. The molecule has 0 aliphatic carbocycles. The molecule has 4 nitrogen and oxygen atoms in total. The quantitative estimate of drug-likeness (QED) is 0.802. The van der Waals surface area contributed by atoms with Gasteiger partial charge in [-0.1, -0.05) is 12.1 Å². The first-order valence-corrected chi connectivity index (χ1v) is 5.99.